The average Bonchev–Trinajstić information content (AvgIpc) is 2.50. The lowest BCUT2D eigenvalue weighted by Crippen LogP contribution is -2.09. The molecule has 0 aliphatic heterocycles. The van der Waals surface area contributed by atoms with Gasteiger partial charge in [0.25, 0.3) is 5.69 Å². The van der Waals surface area contributed by atoms with E-state index in [9.17, 15) is 10.1 Å². The van der Waals surface area contributed by atoms with Gasteiger partial charge in [-0.05, 0) is 18.4 Å². The molecule has 21 heavy (non-hydrogen) atoms. The van der Waals surface area contributed by atoms with Crippen molar-refractivity contribution in [2.45, 2.75) is 46.1 Å². The number of nitrogens with zero attached hydrogens (tertiary/aromatic N) is 1. The Labute approximate surface area is 126 Å². The van der Waals surface area contributed by atoms with Crippen LogP contribution in [0.5, 0.6) is 0 Å². The lowest BCUT2D eigenvalue weighted by Gasteiger charge is -2.15. The molecule has 5 nitrogen and oxygen atoms in total. The SMILES string of the molecule is CCCCC(CC)COCc1cc([N+](=O)[O-])ccc1NC. The first-order chi connectivity index (χ1) is 10.1. The standard InChI is InChI=1S/C16H26N2O3/c1-4-6-7-13(5-2)11-21-12-14-10-15(18(19)20)8-9-16(14)17-3/h8-10,13,17H,4-7,11-12H2,1-3H3. The van der Waals surface area contributed by atoms with Crippen molar-refractivity contribution in [1.29, 1.82) is 0 Å². The Morgan fingerprint density at radius 3 is 2.71 bits per heavy atom. The van der Waals surface area contributed by atoms with Gasteiger partial charge in [0, 0.05) is 37.0 Å². The topological polar surface area (TPSA) is 64.4 Å². The summed E-state index contributed by atoms with van der Waals surface area (Å²) in [4.78, 5) is 10.5. The molecular weight excluding hydrogens is 268 g/mol. The zero-order valence-corrected chi connectivity index (χ0v) is 13.2. The molecule has 1 unspecified atom stereocenters. The van der Waals surface area contributed by atoms with Gasteiger partial charge in [0.05, 0.1) is 11.5 Å². The van der Waals surface area contributed by atoms with Crippen molar-refractivity contribution >= 4 is 11.4 Å². The molecule has 0 bridgehead atoms. The third-order valence-electron chi connectivity index (χ3n) is 3.72. The molecule has 1 N–H and O–H groups in total. The summed E-state index contributed by atoms with van der Waals surface area (Å²) in [6.45, 7) is 5.48. The summed E-state index contributed by atoms with van der Waals surface area (Å²) in [6, 6.07) is 4.81. The summed E-state index contributed by atoms with van der Waals surface area (Å²) < 4.78 is 5.78. The van der Waals surface area contributed by atoms with E-state index in [4.69, 9.17) is 4.74 Å². The first-order valence-electron chi connectivity index (χ1n) is 7.65. The second kappa shape index (κ2) is 9.34. The Morgan fingerprint density at radius 1 is 1.38 bits per heavy atom. The summed E-state index contributed by atoms with van der Waals surface area (Å²) in [5, 5.41) is 13.9. The van der Waals surface area contributed by atoms with E-state index < -0.39 is 0 Å². The molecule has 1 atom stereocenters. The number of nitro benzene ring substituents is 1. The van der Waals surface area contributed by atoms with Crippen LogP contribution in [-0.2, 0) is 11.3 Å². The van der Waals surface area contributed by atoms with E-state index in [2.05, 4.69) is 19.2 Å². The summed E-state index contributed by atoms with van der Waals surface area (Å²) in [5.74, 6) is 0.571. The number of nitrogens with one attached hydrogen (secondary N) is 1. The predicted molar refractivity (Wildman–Crippen MR) is 85.6 cm³/mol. The number of benzene rings is 1. The highest BCUT2D eigenvalue weighted by atomic mass is 16.6. The van der Waals surface area contributed by atoms with Crippen LogP contribution in [0.25, 0.3) is 0 Å². The molecule has 118 valence electrons. The number of non-ortho nitro benzene ring substituents is 1. The van der Waals surface area contributed by atoms with Crippen LogP contribution >= 0.6 is 0 Å². The van der Waals surface area contributed by atoms with E-state index >= 15 is 0 Å². The van der Waals surface area contributed by atoms with Crippen molar-refractivity contribution in [1.82, 2.24) is 0 Å². The number of unbranched alkanes of at least 4 members (excludes halogenated alkanes) is 1. The normalized spacial score (nSPS) is 12.1. The Balaban J connectivity index is 2.60. The van der Waals surface area contributed by atoms with E-state index in [1.54, 1.807) is 19.2 Å². The monoisotopic (exact) mass is 294 g/mol. The van der Waals surface area contributed by atoms with Crippen LogP contribution in [0.4, 0.5) is 11.4 Å². The smallest absolute Gasteiger partial charge is 0.269 e. The van der Waals surface area contributed by atoms with E-state index in [1.807, 2.05) is 0 Å². The fraction of sp³-hybridized carbons (Fsp3) is 0.625. The van der Waals surface area contributed by atoms with Crippen LogP contribution < -0.4 is 5.32 Å². The van der Waals surface area contributed by atoms with Gasteiger partial charge in [0.15, 0.2) is 0 Å². The van der Waals surface area contributed by atoms with Crippen LogP contribution in [0.1, 0.15) is 45.1 Å². The lowest BCUT2D eigenvalue weighted by atomic mass is 10.0. The Morgan fingerprint density at radius 2 is 2.14 bits per heavy atom. The first kappa shape index (κ1) is 17.4. The number of anilines is 1. The van der Waals surface area contributed by atoms with Crippen molar-refractivity contribution in [3.8, 4) is 0 Å². The second-order valence-electron chi connectivity index (χ2n) is 5.28. The molecule has 0 spiro atoms. The molecule has 0 aliphatic carbocycles. The molecule has 0 aliphatic rings. The molecule has 1 aromatic rings. The van der Waals surface area contributed by atoms with Gasteiger partial charge >= 0.3 is 0 Å². The zero-order valence-electron chi connectivity index (χ0n) is 13.2. The predicted octanol–water partition coefficient (Wildman–Crippen LogP) is 4.37. The fourth-order valence-corrected chi connectivity index (χ4v) is 2.29. The minimum absolute atomic E-state index is 0.102. The van der Waals surface area contributed by atoms with E-state index in [-0.39, 0.29) is 10.6 Å². The van der Waals surface area contributed by atoms with Gasteiger partial charge in [0.1, 0.15) is 0 Å². The van der Waals surface area contributed by atoms with E-state index in [0.717, 1.165) is 17.7 Å². The molecular formula is C16H26N2O3. The van der Waals surface area contributed by atoms with Gasteiger partial charge in [-0.1, -0.05) is 33.1 Å². The third-order valence-corrected chi connectivity index (χ3v) is 3.72. The maximum Gasteiger partial charge on any atom is 0.269 e. The van der Waals surface area contributed by atoms with Crippen LogP contribution in [0.15, 0.2) is 18.2 Å². The number of rotatable bonds is 10. The molecule has 5 heteroatoms. The molecule has 0 fully saturated rings. The maximum atomic E-state index is 10.8. The van der Waals surface area contributed by atoms with Crippen molar-refractivity contribution in [3.63, 3.8) is 0 Å². The van der Waals surface area contributed by atoms with E-state index in [1.165, 1.54) is 25.3 Å². The number of ether oxygens (including phenoxy) is 1. The zero-order chi connectivity index (χ0) is 15.7. The van der Waals surface area contributed by atoms with Crippen molar-refractivity contribution in [2.24, 2.45) is 5.92 Å². The average molecular weight is 294 g/mol. The number of hydrogen-bond donors (Lipinski definition) is 1. The van der Waals surface area contributed by atoms with Crippen molar-refractivity contribution < 1.29 is 9.66 Å². The molecule has 1 rings (SSSR count). The van der Waals surface area contributed by atoms with Crippen LogP contribution in [0.2, 0.25) is 0 Å². The van der Waals surface area contributed by atoms with Gasteiger partial charge in [0.2, 0.25) is 0 Å². The molecule has 0 radical (unpaired) electrons. The summed E-state index contributed by atoms with van der Waals surface area (Å²) in [7, 11) is 1.81. The first-order valence-corrected chi connectivity index (χ1v) is 7.65. The van der Waals surface area contributed by atoms with E-state index in [0.29, 0.717) is 19.1 Å². The highest BCUT2D eigenvalue weighted by molar-refractivity contribution is 5.55. The molecule has 0 saturated carbocycles. The molecule has 0 saturated heterocycles. The highest BCUT2D eigenvalue weighted by Crippen LogP contribution is 2.23. The molecule has 0 heterocycles. The third kappa shape index (κ3) is 5.71. The van der Waals surface area contributed by atoms with Crippen molar-refractivity contribution in [2.75, 3.05) is 19.0 Å². The molecule has 0 amide bonds. The minimum atomic E-state index is -0.376. The Kier molecular flexibility index (Phi) is 7.75. The quantitative estimate of drug-likeness (QED) is 0.514. The molecule has 1 aromatic carbocycles. The number of nitro groups is 1. The highest BCUT2D eigenvalue weighted by Gasteiger charge is 2.11. The molecule has 0 aromatic heterocycles. The minimum Gasteiger partial charge on any atom is -0.388 e. The van der Waals surface area contributed by atoms with Crippen LogP contribution in [-0.4, -0.2) is 18.6 Å². The van der Waals surface area contributed by atoms with Gasteiger partial charge in [-0.25, -0.2) is 0 Å². The lowest BCUT2D eigenvalue weighted by molar-refractivity contribution is -0.384. The summed E-state index contributed by atoms with van der Waals surface area (Å²) >= 11 is 0. The fourth-order valence-electron chi connectivity index (χ4n) is 2.29. The van der Waals surface area contributed by atoms with Crippen LogP contribution in [0.3, 0.4) is 0 Å². The summed E-state index contributed by atoms with van der Waals surface area (Å²) in [5.41, 5.74) is 1.81. The van der Waals surface area contributed by atoms with Crippen molar-refractivity contribution in [3.05, 3.63) is 33.9 Å². The Hall–Kier alpha value is -1.62. The van der Waals surface area contributed by atoms with Gasteiger partial charge in [-0.15, -0.1) is 0 Å². The largest absolute Gasteiger partial charge is 0.388 e. The van der Waals surface area contributed by atoms with Gasteiger partial charge in [-0.2, -0.15) is 0 Å². The second-order valence-corrected chi connectivity index (χ2v) is 5.28. The van der Waals surface area contributed by atoms with Gasteiger partial charge < -0.3 is 10.1 Å². The maximum absolute atomic E-state index is 10.8. The Bertz CT molecular complexity index is 449. The van der Waals surface area contributed by atoms with Crippen LogP contribution in [0, 0.1) is 16.0 Å². The van der Waals surface area contributed by atoms with Gasteiger partial charge in [-0.3, -0.25) is 10.1 Å². The summed E-state index contributed by atoms with van der Waals surface area (Å²) in [6.07, 6.45) is 4.71. The number of hydrogen-bond acceptors (Lipinski definition) is 4.